The van der Waals surface area contributed by atoms with Crippen molar-refractivity contribution in [2.24, 2.45) is 0 Å². The van der Waals surface area contributed by atoms with E-state index in [0.717, 1.165) is 30.1 Å². The third-order valence-electron chi connectivity index (χ3n) is 4.17. The Morgan fingerprint density at radius 3 is 2.16 bits per heavy atom. The van der Waals surface area contributed by atoms with Crippen molar-refractivity contribution >= 4 is 5.69 Å². The Morgan fingerprint density at radius 1 is 0.800 bits per heavy atom. The van der Waals surface area contributed by atoms with Gasteiger partial charge in [0.1, 0.15) is 5.75 Å². The summed E-state index contributed by atoms with van der Waals surface area (Å²) in [4.78, 5) is 0. The van der Waals surface area contributed by atoms with Gasteiger partial charge in [0.05, 0.1) is 13.2 Å². The van der Waals surface area contributed by atoms with Crippen LogP contribution in [0, 0.1) is 0 Å². The van der Waals surface area contributed by atoms with Crippen LogP contribution in [0.1, 0.15) is 17.2 Å². The highest BCUT2D eigenvalue weighted by molar-refractivity contribution is 5.45. The van der Waals surface area contributed by atoms with Crippen LogP contribution in [-0.4, -0.2) is 13.7 Å². The lowest BCUT2D eigenvalue weighted by atomic mass is 10.1. The van der Waals surface area contributed by atoms with E-state index in [1.807, 2.05) is 42.5 Å². The first-order valence-corrected chi connectivity index (χ1v) is 8.56. The Balaban J connectivity index is 1.67. The molecule has 0 saturated heterocycles. The third kappa shape index (κ3) is 4.85. The molecule has 0 fully saturated rings. The maximum Gasteiger partial charge on any atom is 0.123 e. The highest BCUT2D eigenvalue weighted by Crippen LogP contribution is 2.20. The summed E-state index contributed by atoms with van der Waals surface area (Å²) in [5.74, 6) is 0.919. The Kier molecular flexibility index (Phi) is 6.07. The molecule has 0 bridgehead atoms. The molecular weight excluding hydrogens is 308 g/mol. The standard InChI is InChI=1S/C22H24N2O/c1-25-22-15-9-8-12-19(22)16-23-17-21(18-10-4-2-5-11-18)24-20-13-6-3-7-14-20/h2-15,21,23-24H,16-17H2,1H3. The number of nitrogens with one attached hydrogen (secondary N) is 2. The first-order chi connectivity index (χ1) is 12.4. The van der Waals surface area contributed by atoms with Crippen LogP contribution >= 0.6 is 0 Å². The lowest BCUT2D eigenvalue weighted by Crippen LogP contribution is -2.26. The fraction of sp³-hybridized carbons (Fsp3) is 0.182. The maximum absolute atomic E-state index is 5.43. The fourth-order valence-electron chi connectivity index (χ4n) is 2.87. The van der Waals surface area contributed by atoms with Gasteiger partial charge in [0.15, 0.2) is 0 Å². The molecule has 0 aliphatic heterocycles. The zero-order chi connectivity index (χ0) is 17.3. The van der Waals surface area contributed by atoms with Crippen molar-refractivity contribution < 1.29 is 4.74 Å². The zero-order valence-electron chi connectivity index (χ0n) is 14.5. The molecule has 0 aliphatic carbocycles. The second kappa shape index (κ2) is 8.90. The van der Waals surface area contributed by atoms with Gasteiger partial charge in [-0.3, -0.25) is 0 Å². The Bertz CT molecular complexity index is 759. The van der Waals surface area contributed by atoms with E-state index in [0.29, 0.717) is 0 Å². The third-order valence-corrected chi connectivity index (χ3v) is 4.17. The van der Waals surface area contributed by atoms with Crippen LogP contribution in [0.4, 0.5) is 5.69 Å². The molecule has 3 aromatic rings. The van der Waals surface area contributed by atoms with Crippen LogP contribution in [0.2, 0.25) is 0 Å². The van der Waals surface area contributed by atoms with Crippen molar-refractivity contribution in [3.63, 3.8) is 0 Å². The van der Waals surface area contributed by atoms with E-state index in [1.165, 1.54) is 5.56 Å². The van der Waals surface area contributed by atoms with Crippen molar-refractivity contribution in [1.29, 1.82) is 0 Å². The molecule has 3 heteroatoms. The van der Waals surface area contributed by atoms with Crippen molar-refractivity contribution in [3.05, 3.63) is 96.1 Å². The first-order valence-electron chi connectivity index (χ1n) is 8.56. The summed E-state index contributed by atoms with van der Waals surface area (Å²) in [6, 6.07) is 29.1. The summed E-state index contributed by atoms with van der Waals surface area (Å²) in [5, 5.41) is 7.17. The number of hydrogen-bond donors (Lipinski definition) is 2. The summed E-state index contributed by atoms with van der Waals surface area (Å²) < 4.78 is 5.43. The quantitative estimate of drug-likeness (QED) is 0.630. The van der Waals surface area contributed by atoms with Gasteiger partial charge in [-0.1, -0.05) is 66.7 Å². The monoisotopic (exact) mass is 332 g/mol. The van der Waals surface area contributed by atoms with Gasteiger partial charge in [-0.05, 0) is 23.8 Å². The molecule has 0 aromatic heterocycles. The lowest BCUT2D eigenvalue weighted by molar-refractivity contribution is 0.407. The number of hydrogen-bond acceptors (Lipinski definition) is 3. The van der Waals surface area contributed by atoms with Crippen molar-refractivity contribution in [3.8, 4) is 5.75 Å². The molecular formula is C22H24N2O. The minimum Gasteiger partial charge on any atom is -0.496 e. The van der Waals surface area contributed by atoms with Gasteiger partial charge in [-0.15, -0.1) is 0 Å². The summed E-state index contributed by atoms with van der Waals surface area (Å²) >= 11 is 0. The van der Waals surface area contributed by atoms with E-state index in [9.17, 15) is 0 Å². The Labute approximate surface area is 149 Å². The van der Waals surface area contributed by atoms with Gasteiger partial charge in [0, 0.05) is 24.3 Å². The van der Waals surface area contributed by atoms with Gasteiger partial charge in [-0.2, -0.15) is 0 Å². The van der Waals surface area contributed by atoms with E-state index >= 15 is 0 Å². The molecule has 3 rings (SSSR count). The smallest absolute Gasteiger partial charge is 0.123 e. The zero-order valence-corrected chi connectivity index (χ0v) is 14.5. The van der Waals surface area contributed by atoms with E-state index in [2.05, 4.69) is 53.1 Å². The van der Waals surface area contributed by atoms with Crippen LogP contribution in [0.3, 0.4) is 0 Å². The van der Waals surface area contributed by atoms with E-state index in [-0.39, 0.29) is 6.04 Å². The van der Waals surface area contributed by atoms with Crippen molar-refractivity contribution in [2.75, 3.05) is 19.0 Å². The molecule has 0 radical (unpaired) electrons. The van der Waals surface area contributed by atoms with Gasteiger partial charge in [0.25, 0.3) is 0 Å². The Hall–Kier alpha value is -2.78. The molecule has 1 atom stereocenters. The summed E-state index contributed by atoms with van der Waals surface area (Å²) in [7, 11) is 1.71. The molecule has 3 nitrogen and oxygen atoms in total. The molecule has 0 aliphatic rings. The molecule has 0 heterocycles. The molecule has 25 heavy (non-hydrogen) atoms. The average Bonchev–Trinajstić information content (AvgIpc) is 2.69. The SMILES string of the molecule is COc1ccccc1CNCC(Nc1ccccc1)c1ccccc1. The first kappa shape index (κ1) is 17.1. The molecule has 0 amide bonds. The number of para-hydroxylation sites is 2. The minimum atomic E-state index is 0.193. The number of benzene rings is 3. The normalized spacial score (nSPS) is 11.7. The predicted octanol–water partition coefficient (Wildman–Crippen LogP) is 4.64. The van der Waals surface area contributed by atoms with Crippen LogP contribution in [0.15, 0.2) is 84.9 Å². The van der Waals surface area contributed by atoms with Crippen LogP contribution in [0.25, 0.3) is 0 Å². The molecule has 0 saturated carbocycles. The molecule has 128 valence electrons. The topological polar surface area (TPSA) is 33.3 Å². The average molecular weight is 332 g/mol. The summed E-state index contributed by atoms with van der Waals surface area (Å²) in [5.41, 5.74) is 3.55. The number of rotatable bonds is 8. The number of methoxy groups -OCH3 is 1. The minimum absolute atomic E-state index is 0.193. The molecule has 0 spiro atoms. The van der Waals surface area contributed by atoms with Gasteiger partial charge in [0.2, 0.25) is 0 Å². The van der Waals surface area contributed by atoms with Crippen molar-refractivity contribution in [1.82, 2.24) is 5.32 Å². The van der Waals surface area contributed by atoms with Gasteiger partial charge in [-0.25, -0.2) is 0 Å². The highest BCUT2D eigenvalue weighted by Gasteiger charge is 2.11. The van der Waals surface area contributed by atoms with Crippen LogP contribution in [0.5, 0.6) is 5.75 Å². The Morgan fingerprint density at radius 2 is 1.44 bits per heavy atom. The van der Waals surface area contributed by atoms with Crippen molar-refractivity contribution in [2.45, 2.75) is 12.6 Å². The van der Waals surface area contributed by atoms with Gasteiger partial charge >= 0.3 is 0 Å². The largest absolute Gasteiger partial charge is 0.496 e. The maximum atomic E-state index is 5.43. The van der Waals surface area contributed by atoms with E-state index < -0.39 is 0 Å². The second-order valence-electron chi connectivity index (χ2n) is 5.92. The number of anilines is 1. The lowest BCUT2D eigenvalue weighted by Gasteiger charge is -2.21. The molecule has 1 unspecified atom stereocenters. The summed E-state index contributed by atoms with van der Waals surface area (Å²) in [6.45, 7) is 1.58. The van der Waals surface area contributed by atoms with Gasteiger partial charge < -0.3 is 15.4 Å². The van der Waals surface area contributed by atoms with E-state index in [4.69, 9.17) is 4.74 Å². The van der Waals surface area contributed by atoms with Crippen LogP contribution < -0.4 is 15.4 Å². The fourth-order valence-corrected chi connectivity index (χ4v) is 2.87. The molecule has 2 N–H and O–H groups in total. The van der Waals surface area contributed by atoms with Crippen LogP contribution in [-0.2, 0) is 6.54 Å². The van der Waals surface area contributed by atoms with E-state index in [1.54, 1.807) is 7.11 Å². The predicted molar refractivity (Wildman–Crippen MR) is 104 cm³/mol. The molecule has 3 aromatic carbocycles. The summed E-state index contributed by atoms with van der Waals surface area (Å²) in [6.07, 6.45) is 0. The second-order valence-corrected chi connectivity index (χ2v) is 5.92. The number of ether oxygens (including phenoxy) is 1. The highest BCUT2D eigenvalue weighted by atomic mass is 16.5.